The molecule has 1 aromatic heterocycles. The minimum Gasteiger partial charge on any atom is -0.467 e. The van der Waals surface area contributed by atoms with Gasteiger partial charge in [0.05, 0.1) is 12.6 Å². The first-order chi connectivity index (χ1) is 12.7. The summed E-state index contributed by atoms with van der Waals surface area (Å²) >= 11 is 0. The van der Waals surface area contributed by atoms with E-state index in [9.17, 15) is 9.59 Å². The van der Waals surface area contributed by atoms with E-state index in [4.69, 9.17) is 4.74 Å². The SMILES string of the molecule is COC(=O)[C@@H](CCc1ccccc1)NC(=O)c1ccc2ccccc2n1. The van der Waals surface area contributed by atoms with Crippen LogP contribution in [0.5, 0.6) is 0 Å². The number of ether oxygens (including phenoxy) is 1. The number of carbonyl (C=O) groups is 2. The summed E-state index contributed by atoms with van der Waals surface area (Å²) in [6.45, 7) is 0. The number of para-hydroxylation sites is 1. The van der Waals surface area contributed by atoms with Crippen LogP contribution in [0.1, 0.15) is 22.5 Å². The Morgan fingerprint density at radius 2 is 1.73 bits per heavy atom. The van der Waals surface area contributed by atoms with Gasteiger partial charge in [0, 0.05) is 5.39 Å². The summed E-state index contributed by atoms with van der Waals surface area (Å²) < 4.78 is 4.83. The second-order valence-corrected chi connectivity index (χ2v) is 5.96. The second kappa shape index (κ2) is 8.25. The molecule has 0 radical (unpaired) electrons. The van der Waals surface area contributed by atoms with Crippen LogP contribution in [0.2, 0.25) is 0 Å². The van der Waals surface area contributed by atoms with E-state index in [-0.39, 0.29) is 11.6 Å². The molecule has 5 nitrogen and oxygen atoms in total. The molecule has 0 fully saturated rings. The maximum atomic E-state index is 12.5. The number of aryl methyl sites for hydroxylation is 1. The summed E-state index contributed by atoms with van der Waals surface area (Å²) in [6.07, 6.45) is 1.11. The van der Waals surface area contributed by atoms with Crippen LogP contribution in [0.25, 0.3) is 10.9 Å². The van der Waals surface area contributed by atoms with Crippen molar-refractivity contribution in [3.05, 3.63) is 78.0 Å². The van der Waals surface area contributed by atoms with Crippen LogP contribution in [0.3, 0.4) is 0 Å². The highest BCUT2D eigenvalue weighted by atomic mass is 16.5. The fraction of sp³-hybridized carbons (Fsp3) is 0.190. The summed E-state index contributed by atoms with van der Waals surface area (Å²) in [7, 11) is 1.32. The van der Waals surface area contributed by atoms with Crippen molar-refractivity contribution in [1.29, 1.82) is 0 Å². The zero-order valence-corrected chi connectivity index (χ0v) is 14.5. The number of carbonyl (C=O) groups excluding carboxylic acids is 2. The number of fused-ring (bicyclic) bond motifs is 1. The largest absolute Gasteiger partial charge is 0.467 e. The molecule has 3 aromatic rings. The number of nitrogens with one attached hydrogen (secondary N) is 1. The number of hydrogen-bond donors (Lipinski definition) is 1. The number of hydrogen-bond acceptors (Lipinski definition) is 4. The monoisotopic (exact) mass is 348 g/mol. The average Bonchev–Trinajstić information content (AvgIpc) is 2.70. The summed E-state index contributed by atoms with van der Waals surface area (Å²) in [5, 5.41) is 3.70. The summed E-state index contributed by atoms with van der Waals surface area (Å²) in [5.74, 6) is -0.853. The number of amides is 1. The highest BCUT2D eigenvalue weighted by Crippen LogP contribution is 2.12. The summed E-state index contributed by atoms with van der Waals surface area (Å²) in [4.78, 5) is 29.0. The van der Waals surface area contributed by atoms with E-state index in [1.165, 1.54) is 7.11 Å². The van der Waals surface area contributed by atoms with Crippen LogP contribution in [0.15, 0.2) is 66.7 Å². The molecule has 1 heterocycles. The van der Waals surface area contributed by atoms with E-state index in [0.29, 0.717) is 12.8 Å². The fourth-order valence-corrected chi connectivity index (χ4v) is 2.77. The Balaban J connectivity index is 1.72. The van der Waals surface area contributed by atoms with Crippen LogP contribution >= 0.6 is 0 Å². The standard InChI is InChI=1S/C21H20N2O3/c1-26-21(25)19(13-11-15-7-3-2-4-8-15)23-20(24)18-14-12-16-9-5-6-10-17(16)22-18/h2-10,12,14,19H,11,13H2,1H3,(H,23,24)/t19-/m1/s1. The normalized spacial score (nSPS) is 11.7. The molecule has 26 heavy (non-hydrogen) atoms. The Kier molecular flexibility index (Phi) is 5.59. The van der Waals surface area contributed by atoms with Gasteiger partial charge in [-0.25, -0.2) is 9.78 Å². The summed E-state index contributed by atoms with van der Waals surface area (Å²) in [5.41, 5.74) is 2.11. The van der Waals surface area contributed by atoms with Gasteiger partial charge in [-0.3, -0.25) is 4.79 Å². The molecule has 1 N–H and O–H groups in total. The maximum Gasteiger partial charge on any atom is 0.328 e. The molecule has 0 spiro atoms. The molecule has 0 saturated carbocycles. The lowest BCUT2D eigenvalue weighted by Crippen LogP contribution is -2.42. The Labute approximate surface area is 152 Å². The highest BCUT2D eigenvalue weighted by Gasteiger charge is 2.22. The highest BCUT2D eigenvalue weighted by molar-refractivity contribution is 5.97. The molecule has 0 saturated heterocycles. The molecule has 0 unspecified atom stereocenters. The third-order valence-electron chi connectivity index (χ3n) is 4.19. The van der Waals surface area contributed by atoms with Gasteiger partial charge in [0.1, 0.15) is 11.7 Å². The van der Waals surface area contributed by atoms with E-state index >= 15 is 0 Å². The fourth-order valence-electron chi connectivity index (χ4n) is 2.77. The quantitative estimate of drug-likeness (QED) is 0.695. The van der Waals surface area contributed by atoms with Gasteiger partial charge in [-0.05, 0) is 30.5 Å². The minimum atomic E-state index is -0.721. The Morgan fingerprint density at radius 1 is 1.00 bits per heavy atom. The molecule has 5 heteroatoms. The van der Waals surface area contributed by atoms with Crippen LogP contribution in [-0.4, -0.2) is 30.0 Å². The van der Waals surface area contributed by atoms with Gasteiger partial charge in [-0.1, -0.05) is 54.6 Å². The van der Waals surface area contributed by atoms with E-state index in [1.807, 2.05) is 60.7 Å². The van der Waals surface area contributed by atoms with E-state index < -0.39 is 12.0 Å². The van der Waals surface area contributed by atoms with Crippen molar-refractivity contribution >= 4 is 22.8 Å². The van der Waals surface area contributed by atoms with Crippen molar-refractivity contribution in [2.24, 2.45) is 0 Å². The lowest BCUT2D eigenvalue weighted by molar-refractivity contribution is -0.143. The maximum absolute atomic E-state index is 12.5. The number of esters is 1. The van der Waals surface area contributed by atoms with Crippen LogP contribution in [0.4, 0.5) is 0 Å². The Hall–Kier alpha value is -3.21. The molecular formula is C21H20N2O3. The Morgan fingerprint density at radius 3 is 2.50 bits per heavy atom. The zero-order chi connectivity index (χ0) is 18.4. The van der Waals surface area contributed by atoms with E-state index in [2.05, 4.69) is 10.3 Å². The molecule has 0 aliphatic rings. The Bertz CT molecular complexity index is 909. The van der Waals surface area contributed by atoms with Gasteiger partial charge in [0.2, 0.25) is 0 Å². The van der Waals surface area contributed by atoms with Crippen LogP contribution in [0, 0.1) is 0 Å². The smallest absolute Gasteiger partial charge is 0.328 e. The molecule has 0 aliphatic carbocycles. The van der Waals surface area contributed by atoms with Gasteiger partial charge in [-0.2, -0.15) is 0 Å². The van der Waals surface area contributed by atoms with Crippen molar-refractivity contribution in [3.63, 3.8) is 0 Å². The number of nitrogens with zero attached hydrogens (tertiary/aromatic N) is 1. The first-order valence-electron chi connectivity index (χ1n) is 8.46. The van der Waals surface area contributed by atoms with Crippen molar-refractivity contribution in [3.8, 4) is 0 Å². The van der Waals surface area contributed by atoms with Crippen LogP contribution in [-0.2, 0) is 16.0 Å². The third kappa shape index (κ3) is 4.25. The van der Waals surface area contributed by atoms with E-state index in [1.54, 1.807) is 6.07 Å². The van der Waals surface area contributed by atoms with Crippen molar-refractivity contribution < 1.29 is 14.3 Å². The van der Waals surface area contributed by atoms with Gasteiger partial charge in [-0.15, -0.1) is 0 Å². The van der Waals surface area contributed by atoms with E-state index in [0.717, 1.165) is 16.5 Å². The molecular weight excluding hydrogens is 328 g/mol. The number of aromatic nitrogens is 1. The van der Waals surface area contributed by atoms with Crippen molar-refractivity contribution in [1.82, 2.24) is 10.3 Å². The predicted octanol–water partition coefficient (Wildman–Crippen LogP) is 3.14. The number of pyridine rings is 1. The molecule has 1 amide bonds. The van der Waals surface area contributed by atoms with Gasteiger partial charge in [0.25, 0.3) is 5.91 Å². The number of methoxy groups -OCH3 is 1. The second-order valence-electron chi connectivity index (χ2n) is 5.96. The molecule has 132 valence electrons. The molecule has 2 aromatic carbocycles. The lowest BCUT2D eigenvalue weighted by atomic mass is 10.0. The van der Waals surface area contributed by atoms with Crippen LogP contribution < -0.4 is 5.32 Å². The average molecular weight is 348 g/mol. The van der Waals surface area contributed by atoms with Crippen molar-refractivity contribution in [2.45, 2.75) is 18.9 Å². The lowest BCUT2D eigenvalue weighted by Gasteiger charge is -2.16. The molecule has 0 bridgehead atoms. The molecule has 0 aliphatic heterocycles. The van der Waals surface area contributed by atoms with Gasteiger partial charge >= 0.3 is 5.97 Å². The topological polar surface area (TPSA) is 68.3 Å². The molecule has 3 rings (SSSR count). The van der Waals surface area contributed by atoms with Crippen molar-refractivity contribution in [2.75, 3.05) is 7.11 Å². The summed E-state index contributed by atoms with van der Waals surface area (Å²) in [6, 6.07) is 20.1. The number of rotatable bonds is 6. The molecule has 1 atom stereocenters. The van der Waals surface area contributed by atoms with Gasteiger partial charge < -0.3 is 10.1 Å². The number of benzene rings is 2. The minimum absolute atomic E-state index is 0.275. The first kappa shape index (κ1) is 17.6. The third-order valence-corrected chi connectivity index (χ3v) is 4.19. The van der Waals surface area contributed by atoms with Gasteiger partial charge in [0.15, 0.2) is 0 Å². The zero-order valence-electron chi connectivity index (χ0n) is 14.5. The predicted molar refractivity (Wildman–Crippen MR) is 99.8 cm³/mol. The first-order valence-corrected chi connectivity index (χ1v) is 8.46.